The van der Waals surface area contributed by atoms with Gasteiger partial charge in [-0.25, -0.2) is 0 Å². The minimum absolute atomic E-state index is 0.0323. The molecule has 112 valence electrons. The van der Waals surface area contributed by atoms with Gasteiger partial charge in [-0.05, 0) is 42.3 Å². The molecule has 0 heterocycles. The highest BCUT2D eigenvalue weighted by atomic mass is 35.5. The Kier molecular flexibility index (Phi) is 4.44. The molecule has 0 amide bonds. The van der Waals surface area contributed by atoms with Gasteiger partial charge in [0.1, 0.15) is 11.5 Å². The first-order chi connectivity index (χ1) is 9.81. The minimum Gasteiger partial charge on any atom is -0.457 e. The van der Waals surface area contributed by atoms with E-state index in [0.717, 1.165) is 11.6 Å². The van der Waals surface area contributed by atoms with Gasteiger partial charge in [0.2, 0.25) is 0 Å². The van der Waals surface area contributed by atoms with Crippen molar-refractivity contribution in [3.05, 3.63) is 58.1 Å². The zero-order valence-corrected chi connectivity index (χ0v) is 11.8. The summed E-state index contributed by atoms with van der Waals surface area (Å²) in [6, 6.07) is 8.35. The maximum Gasteiger partial charge on any atom is 0.416 e. The third kappa shape index (κ3) is 3.68. The Bertz CT molecular complexity index is 654. The zero-order valence-electron chi connectivity index (χ0n) is 11.0. The van der Waals surface area contributed by atoms with Crippen molar-refractivity contribution in [3.8, 4) is 11.5 Å². The maximum atomic E-state index is 12.9. The number of rotatable bonds is 3. The summed E-state index contributed by atoms with van der Waals surface area (Å²) >= 11 is 5.84. The van der Waals surface area contributed by atoms with Gasteiger partial charge in [0, 0.05) is 5.02 Å². The van der Waals surface area contributed by atoms with Gasteiger partial charge in [-0.1, -0.05) is 23.7 Å². The fourth-order valence-electron chi connectivity index (χ4n) is 1.83. The van der Waals surface area contributed by atoms with E-state index in [1.54, 1.807) is 19.1 Å². The van der Waals surface area contributed by atoms with E-state index in [2.05, 4.69) is 0 Å². The first kappa shape index (κ1) is 15.7. The van der Waals surface area contributed by atoms with E-state index in [9.17, 15) is 13.2 Å². The molecule has 1 N–H and O–H groups in total. The summed E-state index contributed by atoms with van der Waals surface area (Å²) in [7, 11) is 0. The van der Waals surface area contributed by atoms with E-state index < -0.39 is 18.3 Å². The summed E-state index contributed by atoms with van der Waals surface area (Å²) in [5.41, 5.74) is -0.362. The zero-order chi connectivity index (χ0) is 15.6. The molecule has 0 aromatic heterocycles. The monoisotopic (exact) mass is 316 g/mol. The van der Waals surface area contributed by atoms with Crippen LogP contribution in [0.1, 0.15) is 16.7 Å². The molecule has 0 atom stereocenters. The Morgan fingerprint density at radius 2 is 1.86 bits per heavy atom. The number of aryl methyl sites for hydroxylation is 1. The first-order valence-corrected chi connectivity index (χ1v) is 6.44. The van der Waals surface area contributed by atoms with Gasteiger partial charge in [-0.15, -0.1) is 0 Å². The number of aliphatic hydroxyl groups is 1. The van der Waals surface area contributed by atoms with Crippen LogP contribution in [0.4, 0.5) is 13.2 Å². The summed E-state index contributed by atoms with van der Waals surface area (Å²) in [6.07, 6.45) is -4.55. The van der Waals surface area contributed by atoms with Crippen LogP contribution in [-0.2, 0) is 12.8 Å². The van der Waals surface area contributed by atoms with E-state index in [4.69, 9.17) is 21.4 Å². The molecule has 2 aromatic rings. The lowest BCUT2D eigenvalue weighted by atomic mass is 10.1. The third-order valence-electron chi connectivity index (χ3n) is 2.94. The Balaban J connectivity index is 2.39. The molecule has 0 bridgehead atoms. The lowest BCUT2D eigenvalue weighted by Crippen LogP contribution is -2.09. The molecule has 0 fully saturated rings. The smallest absolute Gasteiger partial charge is 0.416 e. The van der Waals surface area contributed by atoms with E-state index in [-0.39, 0.29) is 11.3 Å². The molecule has 2 nitrogen and oxygen atoms in total. The highest BCUT2D eigenvalue weighted by Crippen LogP contribution is 2.36. The van der Waals surface area contributed by atoms with E-state index in [0.29, 0.717) is 10.8 Å². The predicted molar refractivity (Wildman–Crippen MR) is 73.6 cm³/mol. The van der Waals surface area contributed by atoms with Crippen LogP contribution in [-0.4, -0.2) is 5.11 Å². The van der Waals surface area contributed by atoms with Crippen LogP contribution in [0.15, 0.2) is 36.4 Å². The first-order valence-electron chi connectivity index (χ1n) is 6.06. The second-order valence-corrected chi connectivity index (χ2v) is 4.92. The van der Waals surface area contributed by atoms with Crippen LogP contribution in [0.5, 0.6) is 11.5 Å². The third-order valence-corrected chi connectivity index (χ3v) is 3.17. The molecule has 0 aliphatic heterocycles. The average molecular weight is 317 g/mol. The summed E-state index contributed by atoms with van der Waals surface area (Å²) < 4.78 is 44.2. The van der Waals surface area contributed by atoms with Crippen molar-refractivity contribution in [1.29, 1.82) is 0 Å². The molecule has 0 aliphatic carbocycles. The highest BCUT2D eigenvalue weighted by molar-refractivity contribution is 6.30. The molecule has 2 rings (SSSR count). The summed E-state index contributed by atoms with van der Waals surface area (Å²) in [5.74, 6) is 0.414. The maximum absolute atomic E-state index is 12.9. The summed E-state index contributed by atoms with van der Waals surface area (Å²) in [5, 5.41) is 9.41. The number of ether oxygens (including phenoxy) is 1. The number of alkyl halides is 3. The van der Waals surface area contributed by atoms with Crippen LogP contribution in [0.2, 0.25) is 5.02 Å². The molecule has 0 unspecified atom stereocenters. The van der Waals surface area contributed by atoms with Gasteiger partial charge in [0.05, 0.1) is 12.2 Å². The lowest BCUT2D eigenvalue weighted by Gasteiger charge is -2.14. The minimum atomic E-state index is -4.55. The van der Waals surface area contributed by atoms with E-state index in [1.807, 2.05) is 0 Å². The molecule has 0 spiro atoms. The van der Waals surface area contributed by atoms with Gasteiger partial charge in [0.25, 0.3) is 0 Å². The van der Waals surface area contributed by atoms with Crippen molar-refractivity contribution in [2.24, 2.45) is 0 Å². The largest absolute Gasteiger partial charge is 0.457 e. The van der Waals surface area contributed by atoms with Crippen LogP contribution in [0.3, 0.4) is 0 Å². The van der Waals surface area contributed by atoms with Crippen molar-refractivity contribution in [2.75, 3.05) is 0 Å². The molecule has 6 heteroatoms. The number of benzene rings is 2. The van der Waals surface area contributed by atoms with Gasteiger partial charge in [-0.2, -0.15) is 13.2 Å². The lowest BCUT2D eigenvalue weighted by molar-refractivity contribution is -0.138. The molecule has 0 radical (unpaired) electrons. The molecule has 21 heavy (non-hydrogen) atoms. The van der Waals surface area contributed by atoms with Crippen molar-refractivity contribution in [1.82, 2.24) is 0 Å². The predicted octanol–water partition coefficient (Wildman–Crippen LogP) is 4.95. The van der Waals surface area contributed by atoms with Crippen molar-refractivity contribution < 1.29 is 23.0 Å². The van der Waals surface area contributed by atoms with Crippen LogP contribution in [0.25, 0.3) is 0 Å². The van der Waals surface area contributed by atoms with Crippen molar-refractivity contribution in [3.63, 3.8) is 0 Å². The Morgan fingerprint density at radius 3 is 2.48 bits per heavy atom. The Hall–Kier alpha value is -1.72. The Morgan fingerprint density at radius 1 is 1.14 bits per heavy atom. The fraction of sp³-hybridized carbons (Fsp3) is 0.200. The number of hydrogen-bond acceptors (Lipinski definition) is 2. The molecule has 0 aliphatic rings. The number of halogens is 4. The van der Waals surface area contributed by atoms with Crippen molar-refractivity contribution in [2.45, 2.75) is 19.7 Å². The standard InChI is InChI=1S/C15H12ClF3O2/c1-9-2-4-11(16)6-14(9)21-12-5-3-10(8-20)13(7-12)15(17,18)19/h2-7,20H,8H2,1H3. The van der Waals surface area contributed by atoms with Gasteiger partial charge < -0.3 is 9.84 Å². The number of hydrogen-bond donors (Lipinski definition) is 1. The summed E-state index contributed by atoms with van der Waals surface area (Å²) in [4.78, 5) is 0. The molecular formula is C15H12ClF3O2. The second-order valence-electron chi connectivity index (χ2n) is 4.49. The molecule has 0 saturated heterocycles. The summed E-state index contributed by atoms with van der Waals surface area (Å²) in [6.45, 7) is 1.07. The van der Waals surface area contributed by atoms with Crippen molar-refractivity contribution >= 4 is 11.6 Å². The van der Waals surface area contributed by atoms with Gasteiger partial charge in [0.15, 0.2) is 0 Å². The normalized spacial score (nSPS) is 11.5. The molecule has 0 saturated carbocycles. The quantitative estimate of drug-likeness (QED) is 0.868. The molecule has 2 aromatic carbocycles. The molecular weight excluding hydrogens is 305 g/mol. The Labute approximate surface area is 124 Å². The second kappa shape index (κ2) is 5.95. The fourth-order valence-corrected chi connectivity index (χ4v) is 1.99. The van der Waals surface area contributed by atoms with Crippen LogP contribution >= 0.6 is 11.6 Å². The van der Waals surface area contributed by atoms with Crippen LogP contribution < -0.4 is 4.74 Å². The van der Waals surface area contributed by atoms with Gasteiger partial charge in [-0.3, -0.25) is 0 Å². The highest BCUT2D eigenvalue weighted by Gasteiger charge is 2.33. The average Bonchev–Trinajstić information content (AvgIpc) is 2.42. The van der Waals surface area contributed by atoms with E-state index in [1.165, 1.54) is 18.2 Å². The van der Waals surface area contributed by atoms with E-state index >= 15 is 0 Å². The number of aliphatic hydroxyl groups excluding tert-OH is 1. The SMILES string of the molecule is Cc1ccc(Cl)cc1Oc1ccc(CO)c(C(F)(F)F)c1. The van der Waals surface area contributed by atoms with Gasteiger partial charge >= 0.3 is 6.18 Å². The van der Waals surface area contributed by atoms with Crippen LogP contribution in [0, 0.1) is 6.92 Å². The topological polar surface area (TPSA) is 29.5 Å².